The maximum Gasteiger partial charge on any atom is 0.251 e. The Morgan fingerprint density at radius 3 is 2.61 bits per heavy atom. The van der Waals surface area contributed by atoms with Gasteiger partial charge in [-0.1, -0.05) is 0 Å². The van der Waals surface area contributed by atoms with E-state index in [1.54, 1.807) is 0 Å². The number of nitrogens with one attached hydrogen (secondary N) is 1. The number of nitrogens with two attached hydrogens (primary N) is 1. The fraction of sp³-hybridized carbons (Fsp3) is 0.364. The summed E-state index contributed by atoms with van der Waals surface area (Å²) in [6, 6.07) is 4.19. The van der Waals surface area contributed by atoms with Crippen LogP contribution in [-0.4, -0.2) is 27.5 Å². The Kier molecular flexibility index (Phi) is 3.27. The van der Waals surface area contributed by atoms with Gasteiger partial charge in [-0.3, -0.25) is 4.79 Å². The lowest BCUT2D eigenvalue weighted by Gasteiger charge is -2.10. The van der Waals surface area contributed by atoms with Crippen LogP contribution < -0.4 is 15.2 Å². The zero-order chi connectivity index (χ0) is 13.3. The maximum atomic E-state index is 11.5. The molecule has 0 spiro atoms. The summed E-state index contributed by atoms with van der Waals surface area (Å²) in [4.78, 5) is 11.3. The average Bonchev–Trinajstić information content (AvgIpc) is 3.11. The first-order valence-corrected chi connectivity index (χ1v) is 7.02. The molecule has 1 aliphatic carbocycles. The Hall–Kier alpha value is -1.60. The first-order chi connectivity index (χ1) is 8.41. The Bertz CT molecular complexity index is 579. The van der Waals surface area contributed by atoms with Gasteiger partial charge in [-0.05, 0) is 31.0 Å². The number of ether oxygens (including phenoxy) is 1. The lowest BCUT2D eigenvalue weighted by Crippen LogP contribution is -2.20. The van der Waals surface area contributed by atoms with Crippen molar-refractivity contribution in [2.24, 2.45) is 5.14 Å². The van der Waals surface area contributed by atoms with Crippen LogP contribution >= 0.6 is 0 Å². The number of primary sulfonamides is 1. The molecule has 0 radical (unpaired) electrons. The van der Waals surface area contributed by atoms with Crippen LogP contribution in [0.2, 0.25) is 0 Å². The van der Waals surface area contributed by atoms with Crippen molar-refractivity contribution in [1.82, 2.24) is 5.32 Å². The van der Waals surface area contributed by atoms with E-state index in [2.05, 4.69) is 5.32 Å². The second-order valence-corrected chi connectivity index (χ2v) is 5.63. The highest BCUT2D eigenvalue weighted by molar-refractivity contribution is 7.89. The molecule has 2 rings (SSSR count). The molecular weight excluding hydrogens is 256 g/mol. The summed E-state index contributed by atoms with van der Waals surface area (Å²) in [7, 11) is -2.45. The minimum Gasteiger partial charge on any atom is -0.489 e. The quantitative estimate of drug-likeness (QED) is 0.818. The van der Waals surface area contributed by atoms with E-state index in [1.807, 2.05) is 0 Å². The number of sulfonamides is 1. The van der Waals surface area contributed by atoms with E-state index < -0.39 is 10.0 Å². The van der Waals surface area contributed by atoms with Crippen LogP contribution in [0.3, 0.4) is 0 Å². The van der Waals surface area contributed by atoms with E-state index in [0.717, 1.165) is 12.8 Å². The zero-order valence-corrected chi connectivity index (χ0v) is 10.7. The molecule has 0 aromatic heterocycles. The molecule has 7 heteroatoms. The van der Waals surface area contributed by atoms with Gasteiger partial charge in [-0.15, -0.1) is 0 Å². The average molecular weight is 270 g/mol. The third-order valence-electron chi connectivity index (χ3n) is 2.56. The first kappa shape index (κ1) is 12.8. The predicted molar refractivity (Wildman–Crippen MR) is 64.9 cm³/mol. The number of rotatable bonds is 4. The summed E-state index contributed by atoms with van der Waals surface area (Å²) >= 11 is 0. The predicted octanol–water partition coefficient (Wildman–Crippen LogP) is 0.235. The minimum atomic E-state index is -3.92. The molecule has 1 aromatic carbocycles. The Morgan fingerprint density at radius 2 is 2.11 bits per heavy atom. The molecule has 0 aliphatic heterocycles. The molecule has 1 aliphatic rings. The van der Waals surface area contributed by atoms with Crippen LogP contribution in [0, 0.1) is 0 Å². The number of carbonyl (C=O) groups excluding carboxylic acids is 1. The third-order valence-corrected chi connectivity index (χ3v) is 3.49. The molecule has 98 valence electrons. The van der Waals surface area contributed by atoms with Crippen LogP contribution in [0.15, 0.2) is 23.1 Å². The van der Waals surface area contributed by atoms with Gasteiger partial charge < -0.3 is 10.1 Å². The summed E-state index contributed by atoms with van der Waals surface area (Å²) in [5, 5.41) is 7.54. The molecule has 3 N–H and O–H groups in total. The molecule has 1 fully saturated rings. The van der Waals surface area contributed by atoms with Crippen molar-refractivity contribution in [3.63, 3.8) is 0 Å². The van der Waals surface area contributed by atoms with E-state index in [9.17, 15) is 13.2 Å². The van der Waals surface area contributed by atoms with E-state index in [4.69, 9.17) is 9.88 Å². The van der Waals surface area contributed by atoms with Gasteiger partial charge in [0, 0.05) is 12.6 Å². The van der Waals surface area contributed by atoms with Crippen molar-refractivity contribution in [3.05, 3.63) is 23.8 Å². The Labute approximate surface area is 105 Å². The maximum absolute atomic E-state index is 11.5. The third kappa shape index (κ3) is 2.80. The molecule has 0 heterocycles. The number of carbonyl (C=O) groups is 1. The molecule has 0 atom stereocenters. The van der Waals surface area contributed by atoms with Gasteiger partial charge in [-0.25, -0.2) is 13.6 Å². The summed E-state index contributed by atoms with van der Waals surface area (Å²) in [5.41, 5.74) is 0.227. The van der Waals surface area contributed by atoms with Gasteiger partial charge in [0.25, 0.3) is 5.91 Å². The fourth-order valence-electron chi connectivity index (χ4n) is 1.48. The van der Waals surface area contributed by atoms with Gasteiger partial charge in [0.1, 0.15) is 10.6 Å². The van der Waals surface area contributed by atoms with Crippen LogP contribution in [0.4, 0.5) is 0 Å². The van der Waals surface area contributed by atoms with E-state index in [1.165, 1.54) is 25.2 Å². The largest absolute Gasteiger partial charge is 0.489 e. The van der Waals surface area contributed by atoms with Crippen molar-refractivity contribution >= 4 is 15.9 Å². The van der Waals surface area contributed by atoms with Gasteiger partial charge in [-0.2, -0.15) is 0 Å². The highest BCUT2D eigenvalue weighted by Crippen LogP contribution is 2.31. The highest BCUT2D eigenvalue weighted by Gasteiger charge is 2.27. The van der Waals surface area contributed by atoms with E-state index in [-0.39, 0.29) is 28.2 Å². The molecule has 1 saturated carbocycles. The zero-order valence-electron chi connectivity index (χ0n) is 9.84. The fourth-order valence-corrected chi connectivity index (χ4v) is 2.17. The van der Waals surface area contributed by atoms with Crippen LogP contribution in [0.25, 0.3) is 0 Å². The standard InChI is InChI=1S/C11H14N2O4S/c1-13-11(14)7-2-5-9(17-8-3-4-8)10(6-7)18(12,15)16/h2,5-6,8H,3-4H2,1H3,(H,13,14)(H2,12,15,16). The lowest BCUT2D eigenvalue weighted by atomic mass is 10.2. The normalized spacial score (nSPS) is 15.2. The molecule has 18 heavy (non-hydrogen) atoms. The summed E-state index contributed by atoms with van der Waals surface area (Å²) in [5.74, 6) is -0.175. The molecule has 0 bridgehead atoms. The number of amides is 1. The molecule has 6 nitrogen and oxygen atoms in total. The topological polar surface area (TPSA) is 98.5 Å². The number of hydrogen-bond acceptors (Lipinski definition) is 4. The molecular formula is C11H14N2O4S. The minimum absolute atomic E-state index is 0.0522. The van der Waals surface area contributed by atoms with Crippen LogP contribution in [-0.2, 0) is 10.0 Å². The van der Waals surface area contributed by atoms with Crippen molar-refractivity contribution < 1.29 is 17.9 Å². The van der Waals surface area contributed by atoms with Crippen molar-refractivity contribution in [2.45, 2.75) is 23.8 Å². The summed E-state index contributed by atoms with van der Waals surface area (Å²) in [6.07, 6.45) is 1.86. The number of hydrogen-bond donors (Lipinski definition) is 2. The van der Waals surface area contributed by atoms with E-state index >= 15 is 0 Å². The SMILES string of the molecule is CNC(=O)c1ccc(OC2CC2)c(S(N)(=O)=O)c1. The molecule has 0 unspecified atom stereocenters. The van der Waals surface area contributed by atoms with E-state index in [0.29, 0.717) is 0 Å². The lowest BCUT2D eigenvalue weighted by molar-refractivity contribution is 0.0963. The number of benzene rings is 1. The van der Waals surface area contributed by atoms with Crippen LogP contribution in [0.1, 0.15) is 23.2 Å². The Balaban J connectivity index is 2.44. The van der Waals surface area contributed by atoms with Gasteiger partial charge in [0.05, 0.1) is 6.10 Å². The van der Waals surface area contributed by atoms with Crippen molar-refractivity contribution in [2.75, 3.05) is 7.05 Å². The second kappa shape index (κ2) is 4.58. The van der Waals surface area contributed by atoms with Gasteiger partial charge in [0.15, 0.2) is 0 Å². The smallest absolute Gasteiger partial charge is 0.251 e. The highest BCUT2D eigenvalue weighted by atomic mass is 32.2. The first-order valence-electron chi connectivity index (χ1n) is 5.47. The monoisotopic (exact) mass is 270 g/mol. The van der Waals surface area contributed by atoms with Crippen LogP contribution in [0.5, 0.6) is 5.75 Å². The Morgan fingerprint density at radius 1 is 1.44 bits per heavy atom. The second-order valence-electron chi connectivity index (χ2n) is 4.10. The van der Waals surface area contributed by atoms with Gasteiger partial charge >= 0.3 is 0 Å². The summed E-state index contributed by atoms with van der Waals surface area (Å²) < 4.78 is 28.4. The molecule has 0 saturated heterocycles. The van der Waals surface area contributed by atoms with Gasteiger partial charge in [0.2, 0.25) is 10.0 Å². The molecule has 1 aromatic rings. The van der Waals surface area contributed by atoms with Crippen molar-refractivity contribution in [3.8, 4) is 5.75 Å². The summed E-state index contributed by atoms with van der Waals surface area (Å²) in [6.45, 7) is 0. The molecule has 1 amide bonds. The van der Waals surface area contributed by atoms with Crippen molar-refractivity contribution in [1.29, 1.82) is 0 Å².